The van der Waals surface area contributed by atoms with Crippen molar-refractivity contribution in [1.29, 1.82) is 0 Å². The van der Waals surface area contributed by atoms with E-state index in [2.05, 4.69) is 80.7 Å². The molecule has 1 aliphatic rings. The molecule has 1 fully saturated rings. The molecule has 13 heteroatoms. The maximum Gasteiger partial charge on any atom is 0.302 e. The molecule has 41 heavy (non-hydrogen) atoms. The highest BCUT2D eigenvalue weighted by molar-refractivity contribution is 5.88. The number of carbonyl (C=O) groups excluding carboxylic acids is 3. The van der Waals surface area contributed by atoms with Crippen LogP contribution in [-0.2, 0) is 23.9 Å². The first-order chi connectivity index (χ1) is 19.8. The Balaban J connectivity index is 0.000000231. The Morgan fingerprint density at radius 1 is 1.10 bits per heavy atom. The molecule has 3 heterocycles. The van der Waals surface area contributed by atoms with E-state index < -0.39 is 30.3 Å². The van der Waals surface area contributed by atoms with Gasteiger partial charge >= 0.3 is 5.97 Å². The highest BCUT2D eigenvalue weighted by Gasteiger charge is 2.39. The summed E-state index contributed by atoms with van der Waals surface area (Å²) < 4.78 is 17.3. The Kier molecular flexibility index (Phi) is 9.55. The summed E-state index contributed by atoms with van der Waals surface area (Å²) in [6, 6.07) is 20.7. The van der Waals surface area contributed by atoms with E-state index in [-0.39, 0.29) is 42.5 Å². The Morgan fingerprint density at radius 2 is 1.73 bits per heavy atom. The largest absolute Gasteiger partial charge is 0.460 e. The highest BCUT2D eigenvalue weighted by Crippen LogP contribution is 2.34. The minimum Gasteiger partial charge on any atom is -0.460 e. The maximum absolute atomic E-state index is 11.3. The average molecular weight is 563 g/mol. The van der Waals surface area contributed by atoms with Gasteiger partial charge in [-0.2, -0.15) is 9.97 Å². The summed E-state index contributed by atoms with van der Waals surface area (Å²) in [6.45, 7) is 2.39. The van der Waals surface area contributed by atoms with Crippen LogP contribution in [0.4, 0.5) is 17.3 Å². The Bertz CT molecular complexity index is 1440. The molecule has 2 aromatic heterocycles. The van der Waals surface area contributed by atoms with Crippen molar-refractivity contribution in [2.75, 3.05) is 23.9 Å². The van der Waals surface area contributed by atoms with Crippen LogP contribution >= 0.6 is 0 Å². The number of anilines is 3. The molecule has 214 valence electrons. The van der Waals surface area contributed by atoms with E-state index in [1.807, 2.05) is 12.1 Å². The molecule has 0 spiro atoms. The zero-order chi connectivity index (χ0) is 29.4. The molecule has 2 N–H and O–H groups in total. The van der Waals surface area contributed by atoms with Crippen molar-refractivity contribution in [2.45, 2.75) is 38.7 Å². The van der Waals surface area contributed by atoms with Crippen molar-refractivity contribution in [1.82, 2.24) is 19.5 Å². The molecule has 5 rings (SSSR count). The first-order valence-electron chi connectivity index (χ1n) is 12.7. The van der Waals surface area contributed by atoms with Crippen molar-refractivity contribution in [3.05, 3.63) is 67.0 Å². The lowest BCUT2D eigenvalue weighted by atomic mass is 10.2. The number of fused-ring (bicyclic) bond motifs is 1. The van der Waals surface area contributed by atoms with Gasteiger partial charge in [0.25, 0.3) is 12.4 Å². The summed E-state index contributed by atoms with van der Waals surface area (Å²) in [5.41, 5.74) is 2.82. The second-order valence-corrected chi connectivity index (χ2v) is 9.00. The lowest BCUT2D eigenvalue weighted by molar-refractivity contribution is -0.150. The number of esters is 1. The lowest BCUT2D eigenvalue weighted by Crippen LogP contribution is -2.29. The first-order valence-corrected chi connectivity index (χ1v) is 12.7. The SMILES string of the molecule is CC(=O)Nc1nc(OC=O)c2ncn(C3CC(OC(C)=O)C(CO)O3)c2n1.CN(c1ccccc1)c1ccccc1. The van der Waals surface area contributed by atoms with Crippen LogP contribution in [0.25, 0.3) is 11.2 Å². The topological polar surface area (TPSA) is 158 Å². The smallest absolute Gasteiger partial charge is 0.302 e. The van der Waals surface area contributed by atoms with Crippen LogP contribution < -0.4 is 15.0 Å². The molecule has 3 atom stereocenters. The zero-order valence-electron chi connectivity index (χ0n) is 22.7. The molecular weight excluding hydrogens is 532 g/mol. The van der Waals surface area contributed by atoms with E-state index in [9.17, 15) is 19.5 Å². The number of nitrogens with one attached hydrogen (secondary N) is 1. The van der Waals surface area contributed by atoms with E-state index >= 15 is 0 Å². The van der Waals surface area contributed by atoms with Gasteiger partial charge < -0.3 is 24.2 Å². The van der Waals surface area contributed by atoms with Crippen LogP contribution in [0.3, 0.4) is 0 Å². The van der Waals surface area contributed by atoms with Gasteiger partial charge in [-0.1, -0.05) is 36.4 Å². The van der Waals surface area contributed by atoms with Crippen molar-refractivity contribution in [2.24, 2.45) is 0 Å². The molecule has 13 nitrogen and oxygen atoms in total. The van der Waals surface area contributed by atoms with E-state index in [4.69, 9.17) is 14.2 Å². The normalized spacial score (nSPS) is 17.7. The Labute approximate surface area is 235 Å². The van der Waals surface area contributed by atoms with Crippen molar-refractivity contribution >= 4 is 46.8 Å². The number of hydrogen-bond acceptors (Lipinski definition) is 11. The minimum atomic E-state index is -0.710. The second-order valence-electron chi connectivity index (χ2n) is 9.00. The van der Waals surface area contributed by atoms with E-state index in [1.165, 1.54) is 36.1 Å². The standard InChI is InChI=1S/C15H17N5O7.C13H13N/c1-7(23)17-15-18-13-12(14(19-15)25-6-22)16-5-20(13)11-3-9(26-8(2)24)10(4-21)27-11;1-14(12-8-4-2-5-9-12)13-10-6-3-7-11-13/h5-6,9-11,21H,3-4H2,1-2H3,(H,17,18,19,23);2-11H,1H3. The van der Waals surface area contributed by atoms with Gasteiger partial charge in [0.1, 0.15) is 18.4 Å². The fraction of sp³-hybridized carbons (Fsp3) is 0.286. The number of hydrogen-bond donors (Lipinski definition) is 2. The van der Waals surface area contributed by atoms with Crippen LogP contribution in [0.15, 0.2) is 67.0 Å². The van der Waals surface area contributed by atoms with Gasteiger partial charge in [0.2, 0.25) is 11.9 Å². The van der Waals surface area contributed by atoms with Gasteiger partial charge in [-0.3, -0.25) is 24.3 Å². The first kappa shape index (κ1) is 29.1. The number of benzene rings is 2. The average Bonchev–Trinajstić information content (AvgIpc) is 3.57. The summed E-state index contributed by atoms with van der Waals surface area (Å²) in [4.78, 5) is 47.7. The number of para-hydroxylation sites is 2. The number of carbonyl (C=O) groups is 3. The van der Waals surface area contributed by atoms with Crippen LogP contribution in [0, 0.1) is 0 Å². The Morgan fingerprint density at radius 3 is 2.27 bits per heavy atom. The van der Waals surface area contributed by atoms with Crippen LogP contribution in [-0.4, -0.2) is 68.8 Å². The van der Waals surface area contributed by atoms with E-state index in [1.54, 1.807) is 0 Å². The fourth-order valence-electron chi connectivity index (χ4n) is 4.27. The maximum atomic E-state index is 11.3. The molecule has 0 aliphatic carbocycles. The molecule has 2 aromatic carbocycles. The van der Waals surface area contributed by atoms with Gasteiger partial charge in [0, 0.05) is 38.7 Å². The molecule has 0 bridgehead atoms. The van der Waals surface area contributed by atoms with Crippen LogP contribution in [0.2, 0.25) is 0 Å². The van der Waals surface area contributed by atoms with Gasteiger partial charge in [-0.05, 0) is 24.3 Å². The van der Waals surface area contributed by atoms with E-state index in [0.29, 0.717) is 0 Å². The fourth-order valence-corrected chi connectivity index (χ4v) is 4.27. The van der Waals surface area contributed by atoms with Crippen molar-refractivity contribution in [3.8, 4) is 5.88 Å². The third kappa shape index (κ3) is 7.21. The number of aliphatic hydroxyl groups excluding tert-OH is 1. The second kappa shape index (κ2) is 13.5. The predicted octanol–water partition coefficient (Wildman–Crippen LogP) is 2.99. The summed E-state index contributed by atoms with van der Waals surface area (Å²) >= 11 is 0. The zero-order valence-corrected chi connectivity index (χ0v) is 22.7. The summed E-state index contributed by atoms with van der Waals surface area (Å²) in [6.07, 6.45) is -0.361. The third-order valence-corrected chi connectivity index (χ3v) is 6.11. The third-order valence-electron chi connectivity index (χ3n) is 6.11. The molecular formula is C28H30N6O7. The number of imidazole rings is 1. The summed E-state index contributed by atoms with van der Waals surface area (Å²) in [5, 5.41) is 11.9. The van der Waals surface area contributed by atoms with Gasteiger partial charge in [-0.25, -0.2) is 4.98 Å². The number of amides is 1. The van der Waals surface area contributed by atoms with Crippen molar-refractivity contribution in [3.63, 3.8) is 0 Å². The van der Waals surface area contributed by atoms with Crippen LogP contribution in [0.1, 0.15) is 26.5 Å². The van der Waals surface area contributed by atoms with Gasteiger partial charge in [-0.15, -0.1) is 0 Å². The van der Waals surface area contributed by atoms with Crippen LogP contribution in [0.5, 0.6) is 5.88 Å². The number of nitrogens with zero attached hydrogens (tertiary/aromatic N) is 5. The summed E-state index contributed by atoms with van der Waals surface area (Å²) in [5.74, 6) is -1.12. The van der Waals surface area contributed by atoms with E-state index in [0.717, 1.165) is 0 Å². The molecule has 0 radical (unpaired) electrons. The number of ether oxygens (including phenoxy) is 3. The molecule has 1 amide bonds. The van der Waals surface area contributed by atoms with Gasteiger partial charge in [0.05, 0.1) is 12.9 Å². The predicted molar refractivity (Wildman–Crippen MR) is 148 cm³/mol. The molecule has 3 unspecified atom stereocenters. The quantitative estimate of drug-likeness (QED) is 0.240. The van der Waals surface area contributed by atoms with Gasteiger partial charge in [0.15, 0.2) is 11.2 Å². The minimum absolute atomic E-state index is 0.0816. The molecule has 4 aromatic rings. The lowest BCUT2D eigenvalue weighted by Gasteiger charge is -2.18. The highest BCUT2D eigenvalue weighted by atomic mass is 16.6. The number of rotatable bonds is 8. The number of aromatic nitrogens is 4. The molecule has 0 saturated carbocycles. The Hall–Kier alpha value is -4.88. The summed E-state index contributed by atoms with van der Waals surface area (Å²) in [7, 11) is 2.07. The monoisotopic (exact) mass is 562 g/mol. The van der Waals surface area contributed by atoms with Crippen molar-refractivity contribution < 1.29 is 33.7 Å². The molecule has 1 saturated heterocycles. The number of aliphatic hydroxyl groups is 1. The molecule has 1 aliphatic heterocycles.